The van der Waals surface area contributed by atoms with E-state index in [2.05, 4.69) is 32.7 Å². The van der Waals surface area contributed by atoms with Crippen LogP contribution < -0.4 is 0 Å². The van der Waals surface area contributed by atoms with Crippen LogP contribution in [0.5, 0.6) is 0 Å². The van der Waals surface area contributed by atoms with Crippen molar-refractivity contribution >= 4 is 0 Å². The molecule has 0 heterocycles. The number of unbranched alkanes of at least 4 members (excludes halogenated alkanes) is 5. The lowest BCUT2D eigenvalue weighted by molar-refractivity contribution is 0.267. The third-order valence-electron chi connectivity index (χ3n) is 2.75. The van der Waals surface area contributed by atoms with Crippen LogP contribution in [-0.4, -0.2) is 24.5 Å². The Hall–Kier alpha value is -0.0400. The molecular weight excluding hydrogens is 158 g/mol. The highest BCUT2D eigenvalue weighted by molar-refractivity contribution is 4.56. The van der Waals surface area contributed by atoms with E-state index in [1.807, 2.05) is 0 Å². The van der Waals surface area contributed by atoms with Crippen LogP contribution in [0.1, 0.15) is 59.3 Å². The van der Waals surface area contributed by atoms with Crippen molar-refractivity contribution in [3.05, 3.63) is 0 Å². The quantitative estimate of drug-likeness (QED) is 0.521. The lowest BCUT2D eigenvalue weighted by Crippen LogP contribution is -2.27. The van der Waals surface area contributed by atoms with Gasteiger partial charge in [-0.1, -0.05) is 39.0 Å². The lowest BCUT2D eigenvalue weighted by Gasteiger charge is -2.20. The van der Waals surface area contributed by atoms with Gasteiger partial charge in [0.15, 0.2) is 0 Å². The van der Waals surface area contributed by atoms with Crippen LogP contribution >= 0.6 is 0 Å². The van der Waals surface area contributed by atoms with Crippen molar-refractivity contribution in [1.29, 1.82) is 0 Å². The summed E-state index contributed by atoms with van der Waals surface area (Å²) in [5.41, 5.74) is 0. The predicted molar refractivity (Wildman–Crippen MR) is 61.1 cm³/mol. The molecule has 0 spiro atoms. The molecule has 0 aromatic carbocycles. The van der Waals surface area contributed by atoms with Gasteiger partial charge in [-0.3, -0.25) is 0 Å². The highest BCUT2D eigenvalue weighted by Crippen LogP contribution is 2.06. The maximum absolute atomic E-state index is 2.43. The van der Waals surface area contributed by atoms with Crippen LogP contribution in [0, 0.1) is 0 Å². The fraction of sp³-hybridized carbons (Fsp3) is 1.00. The summed E-state index contributed by atoms with van der Waals surface area (Å²) in [5, 5.41) is 0. The van der Waals surface area contributed by atoms with E-state index >= 15 is 0 Å². The van der Waals surface area contributed by atoms with Gasteiger partial charge in [-0.2, -0.15) is 0 Å². The first-order chi connectivity index (χ1) is 6.18. The van der Waals surface area contributed by atoms with Gasteiger partial charge >= 0.3 is 0 Å². The predicted octanol–water partition coefficient (Wildman–Crippen LogP) is 3.69. The number of nitrogens with zero attached hydrogens (tertiary/aromatic N) is 1. The maximum Gasteiger partial charge on any atom is 0.00355 e. The Morgan fingerprint density at radius 3 is 2.00 bits per heavy atom. The summed E-state index contributed by atoms with van der Waals surface area (Å²) in [6.45, 7) is 8.06. The molecule has 0 aromatic heterocycles. The highest BCUT2D eigenvalue weighted by Gasteiger charge is 2.01. The third-order valence-corrected chi connectivity index (χ3v) is 2.75. The number of hydrogen-bond acceptors (Lipinski definition) is 1. The van der Waals surface area contributed by atoms with Crippen molar-refractivity contribution in [1.82, 2.24) is 4.90 Å². The molecule has 0 atom stereocenters. The van der Waals surface area contributed by atoms with Gasteiger partial charge < -0.3 is 4.90 Å². The van der Waals surface area contributed by atoms with Crippen molar-refractivity contribution in [3.63, 3.8) is 0 Å². The Kier molecular flexibility index (Phi) is 8.53. The molecule has 0 radical (unpaired) electrons. The van der Waals surface area contributed by atoms with E-state index in [1.165, 1.54) is 45.1 Å². The molecule has 0 aromatic rings. The Morgan fingerprint density at radius 1 is 0.923 bits per heavy atom. The lowest BCUT2D eigenvalue weighted by atomic mass is 10.1. The zero-order chi connectivity index (χ0) is 10.1. The fourth-order valence-electron chi connectivity index (χ4n) is 1.40. The molecule has 0 saturated carbocycles. The summed E-state index contributed by atoms with van der Waals surface area (Å²) in [6.07, 6.45) is 8.42. The minimum atomic E-state index is 0.704. The van der Waals surface area contributed by atoms with Crippen LogP contribution in [0.4, 0.5) is 0 Å². The molecule has 0 aliphatic carbocycles. The topological polar surface area (TPSA) is 3.24 Å². The molecule has 1 nitrogen and oxygen atoms in total. The summed E-state index contributed by atoms with van der Waals surface area (Å²) in [6, 6.07) is 0.704. The molecule has 0 N–H and O–H groups in total. The molecule has 1 heteroatoms. The van der Waals surface area contributed by atoms with Crippen molar-refractivity contribution in [2.45, 2.75) is 65.3 Å². The molecular formula is C12H27N. The van der Waals surface area contributed by atoms with Gasteiger partial charge in [0.25, 0.3) is 0 Å². The van der Waals surface area contributed by atoms with Crippen molar-refractivity contribution < 1.29 is 0 Å². The van der Waals surface area contributed by atoms with Gasteiger partial charge in [0.2, 0.25) is 0 Å². The van der Waals surface area contributed by atoms with Crippen LogP contribution in [0.25, 0.3) is 0 Å². The third kappa shape index (κ3) is 8.29. The number of hydrogen-bond donors (Lipinski definition) is 0. The Bertz CT molecular complexity index is 99.3. The van der Waals surface area contributed by atoms with E-state index in [0.717, 1.165) is 0 Å². The molecule has 0 fully saturated rings. The normalized spacial score (nSPS) is 11.5. The van der Waals surface area contributed by atoms with E-state index in [9.17, 15) is 0 Å². The molecule has 80 valence electrons. The molecule has 0 unspecified atom stereocenters. The Balaban J connectivity index is 3.07. The van der Waals surface area contributed by atoms with E-state index in [-0.39, 0.29) is 0 Å². The first-order valence-corrected chi connectivity index (χ1v) is 5.88. The molecule has 0 amide bonds. The van der Waals surface area contributed by atoms with Gasteiger partial charge in [-0.05, 0) is 33.9 Å². The van der Waals surface area contributed by atoms with Crippen molar-refractivity contribution in [2.24, 2.45) is 0 Å². The summed E-state index contributed by atoms with van der Waals surface area (Å²) in [5.74, 6) is 0. The van der Waals surface area contributed by atoms with E-state index in [4.69, 9.17) is 0 Å². The van der Waals surface area contributed by atoms with Crippen molar-refractivity contribution in [2.75, 3.05) is 13.6 Å². The standard InChI is InChI=1S/C12H27N/c1-5-6-7-8-9-10-11-13(4)12(2)3/h12H,5-11H2,1-4H3. The van der Waals surface area contributed by atoms with Gasteiger partial charge in [-0.25, -0.2) is 0 Å². The minimum absolute atomic E-state index is 0.704. The van der Waals surface area contributed by atoms with E-state index in [0.29, 0.717) is 6.04 Å². The zero-order valence-electron chi connectivity index (χ0n) is 9.97. The highest BCUT2D eigenvalue weighted by atomic mass is 15.1. The first-order valence-electron chi connectivity index (χ1n) is 5.88. The fourth-order valence-corrected chi connectivity index (χ4v) is 1.40. The van der Waals surface area contributed by atoms with Gasteiger partial charge in [0.1, 0.15) is 0 Å². The Labute approximate surface area is 84.5 Å². The van der Waals surface area contributed by atoms with E-state index < -0.39 is 0 Å². The molecule has 0 rings (SSSR count). The molecule has 13 heavy (non-hydrogen) atoms. The number of rotatable bonds is 8. The molecule has 0 aliphatic rings. The summed E-state index contributed by atoms with van der Waals surface area (Å²) in [4.78, 5) is 2.43. The summed E-state index contributed by atoms with van der Waals surface area (Å²) >= 11 is 0. The van der Waals surface area contributed by atoms with Gasteiger partial charge in [0, 0.05) is 6.04 Å². The van der Waals surface area contributed by atoms with Crippen molar-refractivity contribution in [3.8, 4) is 0 Å². The van der Waals surface area contributed by atoms with Gasteiger partial charge in [0.05, 0.1) is 0 Å². The SMILES string of the molecule is CCCCCCCCN(C)C(C)C. The monoisotopic (exact) mass is 185 g/mol. The largest absolute Gasteiger partial charge is 0.304 e. The van der Waals surface area contributed by atoms with Crippen LogP contribution in [0.3, 0.4) is 0 Å². The van der Waals surface area contributed by atoms with Crippen LogP contribution in [0.2, 0.25) is 0 Å². The second kappa shape index (κ2) is 8.55. The maximum atomic E-state index is 2.43. The second-order valence-corrected chi connectivity index (χ2v) is 4.34. The average Bonchev–Trinajstić information content (AvgIpc) is 2.10. The Morgan fingerprint density at radius 2 is 1.46 bits per heavy atom. The second-order valence-electron chi connectivity index (χ2n) is 4.34. The minimum Gasteiger partial charge on any atom is -0.304 e. The van der Waals surface area contributed by atoms with E-state index in [1.54, 1.807) is 0 Å². The molecule has 0 bridgehead atoms. The molecule has 0 aliphatic heterocycles. The smallest absolute Gasteiger partial charge is 0.00355 e. The van der Waals surface area contributed by atoms with Crippen LogP contribution in [-0.2, 0) is 0 Å². The summed E-state index contributed by atoms with van der Waals surface area (Å²) < 4.78 is 0. The molecule has 0 saturated heterocycles. The van der Waals surface area contributed by atoms with Crippen LogP contribution in [0.15, 0.2) is 0 Å². The summed E-state index contributed by atoms with van der Waals surface area (Å²) in [7, 11) is 2.22. The zero-order valence-corrected chi connectivity index (χ0v) is 9.97. The van der Waals surface area contributed by atoms with Gasteiger partial charge in [-0.15, -0.1) is 0 Å². The first kappa shape index (κ1) is 13.0. The average molecular weight is 185 g/mol.